The number of hydrogen-bond donors (Lipinski definition) is 1. The number of aromatic nitrogens is 1. The highest BCUT2D eigenvalue weighted by atomic mass is 19.4. The first-order valence-electron chi connectivity index (χ1n) is 5.94. The molecule has 0 radical (unpaired) electrons. The first-order chi connectivity index (χ1) is 9.38. The average Bonchev–Trinajstić information content (AvgIpc) is 2.40. The molecular weight excluding hydrogens is 273 g/mol. The molecule has 1 aliphatic rings. The Morgan fingerprint density at radius 2 is 1.75 bits per heavy atom. The topological polar surface area (TPSA) is 57.4 Å². The number of alkyl halides is 3. The average molecular weight is 284 g/mol. The molecule has 0 saturated heterocycles. The molecule has 1 aromatic carbocycles. The number of nitrogens with two attached hydrogens (primary N) is 1. The molecule has 1 aliphatic heterocycles. The Balaban J connectivity index is 2.31. The molecule has 1 aromatic heterocycles. The molecule has 0 spiro atoms. The van der Waals surface area contributed by atoms with Gasteiger partial charge in [-0.05, 0) is 13.0 Å². The summed E-state index contributed by atoms with van der Waals surface area (Å²) in [6.45, 7) is 2.05. The minimum Gasteiger partial charge on any atom is -0.486 e. The number of benzene rings is 1. The van der Waals surface area contributed by atoms with Gasteiger partial charge < -0.3 is 15.2 Å². The van der Waals surface area contributed by atoms with Gasteiger partial charge in [0.2, 0.25) is 0 Å². The normalized spacial score (nSPS) is 14.6. The molecule has 2 N–H and O–H groups in total. The van der Waals surface area contributed by atoms with E-state index in [4.69, 9.17) is 15.2 Å². The predicted octanol–water partition coefficient (Wildman–Crippen LogP) is 2.92. The lowest BCUT2D eigenvalue weighted by Crippen LogP contribution is -2.16. The number of hydrogen-bond acceptors (Lipinski definition) is 4. The van der Waals surface area contributed by atoms with Gasteiger partial charge in [-0.1, -0.05) is 0 Å². The summed E-state index contributed by atoms with van der Waals surface area (Å²) in [5.74, 6) is 0.851. The van der Waals surface area contributed by atoms with Crippen LogP contribution in [0.15, 0.2) is 12.1 Å². The van der Waals surface area contributed by atoms with Gasteiger partial charge in [-0.3, -0.25) is 0 Å². The number of nitrogens with zero attached hydrogens (tertiary/aromatic N) is 1. The van der Waals surface area contributed by atoms with Gasteiger partial charge in [-0.2, -0.15) is 13.2 Å². The zero-order chi connectivity index (χ0) is 14.5. The molecule has 0 atom stereocenters. The molecule has 0 saturated carbocycles. The quantitative estimate of drug-likeness (QED) is 0.808. The molecule has 0 unspecified atom stereocenters. The second-order valence-electron chi connectivity index (χ2n) is 4.51. The largest absolute Gasteiger partial charge is 0.486 e. The van der Waals surface area contributed by atoms with Crippen LogP contribution in [0.4, 0.5) is 18.9 Å². The summed E-state index contributed by atoms with van der Waals surface area (Å²) < 4.78 is 49.5. The Kier molecular flexibility index (Phi) is 2.67. The van der Waals surface area contributed by atoms with Crippen molar-refractivity contribution >= 4 is 16.6 Å². The van der Waals surface area contributed by atoms with Crippen molar-refractivity contribution in [3.8, 4) is 11.5 Å². The summed E-state index contributed by atoms with van der Waals surface area (Å²) in [5, 5.41) is 0.430. The summed E-state index contributed by atoms with van der Waals surface area (Å²) in [6.07, 6.45) is -4.54. The molecule has 2 aromatic rings. The predicted molar refractivity (Wildman–Crippen MR) is 66.9 cm³/mol. The van der Waals surface area contributed by atoms with Crippen molar-refractivity contribution < 1.29 is 22.6 Å². The molecule has 106 valence electrons. The van der Waals surface area contributed by atoms with E-state index < -0.39 is 11.9 Å². The van der Waals surface area contributed by atoms with Crippen molar-refractivity contribution in [2.24, 2.45) is 0 Å². The number of pyridine rings is 1. The zero-order valence-corrected chi connectivity index (χ0v) is 10.5. The van der Waals surface area contributed by atoms with Crippen LogP contribution in [0.2, 0.25) is 0 Å². The van der Waals surface area contributed by atoms with Crippen LogP contribution in [-0.2, 0) is 6.18 Å². The maximum Gasteiger partial charge on any atom is 0.433 e. The van der Waals surface area contributed by atoms with Crippen molar-refractivity contribution in [2.75, 3.05) is 18.9 Å². The lowest BCUT2D eigenvalue weighted by Gasteiger charge is -2.20. The van der Waals surface area contributed by atoms with E-state index in [2.05, 4.69) is 4.98 Å². The molecule has 0 aliphatic carbocycles. The van der Waals surface area contributed by atoms with Gasteiger partial charge in [-0.25, -0.2) is 4.98 Å². The van der Waals surface area contributed by atoms with Crippen molar-refractivity contribution in [1.29, 1.82) is 0 Å². The minimum absolute atomic E-state index is 0.0549. The third-order valence-corrected chi connectivity index (χ3v) is 3.21. The molecule has 20 heavy (non-hydrogen) atoms. The maximum absolute atomic E-state index is 12.9. The zero-order valence-electron chi connectivity index (χ0n) is 10.5. The number of halogens is 3. The Bertz CT molecular complexity index is 698. The Hall–Kier alpha value is -2.18. The van der Waals surface area contributed by atoms with Gasteiger partial charge in [0.05, 0.1) is 5.52 Å². The number of anilines is 1. The highest BCUT2D eigenvalue weighted by Crippen LogP contribution is 2.40. The summed E-state index contributed by atoms with van der Waals surface area (Å²) in [7, 11) is 0. The summed E-state index contributed by atoms with van der Waals surface area (Å²) in [5.41, 5.74) is 4.96. The molecule has 7 heteroatoms. The standard InChI is InChI=1S/C13H11F3N2O2/c1-6-11(17)7-4-9-10(20-3-2-19-9)5-8(7)18-12(6)13(14,15)16/h4-5H,2-3H2,1H3,(H2,17,18). The SMILES string of the molecule is Cc1c(C(F)(F)F)nc2cc3c(cc2c1N)OCCO3. The Morgan fingerprint density at radius 1 is 1.15 bits per heavy atom. The molecule has 0 amide bonds. The number of fused-ring (bicyclic) bond motifs is 2. The van der Waals surface area contributed by atoms with Crippen LogP contribution in [0.5, 0.6) is 11.5 Å². The number of nitrogen functional groups attached to an aromatic ring is 1. The van der Waals surface area contributed by atoms with Crippen molar-refractivity contribution in [3.05, 3.63) is 23.4 Å². The second kappa shape index (κ2) is 4.16. The van der Waals surface area contributed by atoms with Gasteiger partial charge in [0, 0.05) is 22.7 Å². The highest BCUT2D eigenvalue weighted by Gasteiger charge is 2.36. The molecule has 0 fully saturated rings. The maximum atomic E-state index is 12.9. The van der Waals surface area contributed by atoms with E-state index in [0.29, 0.717) is 30.1 Å². The van der Waals surface area contributed by atoms with Crippen LogP contribution in [0.25, 0.3) is 10.9 Å². The molecule has 2 heterocycles. The first-order valence-corrected chi connectivity index (χ1v) is 5.94. The van der Waals surface area contributed by atoms with Gasteiger partial charge in [0.15, 0.2) is 11.5 Å². The van der Waals surface area contributed by atoms with Crippen LogP contribution in [0.1, 0.15) is 11.3 Å². The molecule has 0 bridgehead atoms. The van der Waals surface area contributed by atoms with E-state index in [0.717, 1.165) is 0 Å². The van der Waals surface area contributed by atoms with E-state index in [1.807, 2.05) is 0 Å². The monoisotopic (exact) mass is 284 g/mol. The second-order valence-corrected chi connectivity index (χ2v) is 4.51. The third-order valence-electron chi connectivity index (χ3n) is 3.21. The van der Waals surface area contributed by atoms with Crippen molar-refractivity contribution in [3.63, 3.8) is 0 Å². The Labute approximate surface area is 112 Å². The summed E-state index contributed by atoms with van der Waals surface area (Å²) in [4.78, 5) is 3.67. The van der Waals surface area contributed by atoms with Crippen molar-refractivity contribution in [2.45, 2.75) is 13.1 Å². The van der Waals surface area contributed by atoms with Crippen LogP contribution in [0.3, 0.4) is 0 Å². The number of rotatable bonds is 0. The van der Waals surface area contributed by atoms with Crippen LogP contribution >= 0.6 is 0 Å². The summed E-state index contributed by atoms with van der Waals surface area (Å²) >= 11 is 0. The van der Waals surface area contributed by atoms with E-state index in [-0.39, 0.29) is 16.8 Å². The van der Waals surface area contributed by atoms with Crippen molar-refractivity contribution in [1.82, 2.24) is 4.98 Å². The Morgan fingerprint density at radius 3 is 2.35 bits per heavy atom. The fraction of sp³-hybridized carbons (Fsp3) is 0.308. The lowest BCUT2D eigenvalue weighted by molar-refractivity contribution is -0.141. The fourth-order valence-electron chi connectivity index (χ4n) is 2.20. The van der Waals surface area contributed by atoms with E-state index >= 15 is 0 Å². The smallest absolute Gasteiger partial charge is 0.433 e. The highest BCUT2D eigenvalue weighted by molar-refractivity contribution is 5.94. The first kappa shape index (κ1) is 12.8. The lowest BCUT2D eigenvalue weighted by atomic mass is 10.1. The van der Waals surface area contributed by atoms with E-state index in [1.54, 1.807) is 6.07 Å². The fourth-order valence-corrected chi connectivity index (χ4v) is 2.20. The minimum atomic E-state index is -4.54. The third kappa shape index (κ3) is 1.90. The molecule has 3 rings (SSSR count). The van der Waals surface area contributed by atoms with Crippen LogP contribution < -0.4 is 15.2 Å². The van der Waals surface area contributed by atoms with Gasteiger partial charge in [-0.15, -0.1) is 0 Å². The van der Waals surface area contributed by atoms with Crippen LogP contribution in [0, 0.1) is 6.92 Å². The van der Waals surface area contributed by atoms with Gasteiger partial charge in [0.25, 0.3) is 0 Å². The molecule has 4 nitrogen and oxygen atoms in total. The van der Waals surface area contributed by atoms with E-state index in [9.17, 15) is 13.2 Å². The van der Waals surface area contributed by atoms with Gasteiger partial charge in [0.1, 0.15) is 18.9 Å². The summed E-state index contributed by atoms with van der Waals surface area (Å²) in [6, 6.07) is 2.99. The number of ether oxygens (including phenoxy) is 2. The van der Waals surface area contributed by atoms with E-state index in [1.165, 1.54) is 13.0 Å². The van der Waals surface area contributed by atoms with Crippen LogP contribution in [-0.4, -0.2) is 18.2 Å². The molecular formula is C13H11F3N2O2. The van der Waals surface area contributed by atoms with Gasteiger partial charge >= 0.3 is 6.18 Å².